The Balaban J connectivity index is 2.37. The minimum Gasteiger partial charge on any atom is -0.466 e. The number of carbonyl (C=O) groups is 3. The van der Waals surface area contributed by atoms with Crippen LogP contribution in [0.3, 0.4) is 0 Å². The Morgan fingerprint density at radius 2 is 1.32 bits per heavy atom. The standard InChI is InChI=1S/C16H20O6/c1-16(2,3)22-15(19)10-8-6-7-9(10)12(14(18)21-5)11(8)13(17)20-4/h6-10H,1-5H3. The molecule has 2 rings (SSSR count). The highest BCUT2D eigenvalue weighted by Gasteiger charge is 2.54. The molecule has 0 aliphatic heterocycles. The molecule has 0 N–H and O–H groups in total. The van der Waals surface area contributed by atoms with Crippen LogP contribution in [-0.2, 0) is 28.6 Å². The van der Waals surface area contributed by atoms with E-state index >= 15 is 0 Å². The van der Waals surface area contributed by atoms with Gasteiger partial charge in [0, 0.05) is 11.8 Å². The van der Waals surface area contributed by atoms with Gasteiger partial charge < -0.3 is 14.2 Å². The number of hydrogen-bond donors (Lipinski definition) is 0. The fourth-order valence-corrected chi connectivity index (χ4v) is 2.99. The molecule has 6 heteroatoms. The van der Waals surface area contributed by atoms with Crippen LogP contribution in [0.2, 0.25) is 0 Å². The van der Waals surface area contributed by atoms with Crippen molar-refractivity contribution in [1.82, 2.24) is 0 Å². The second kappa shape index (κ2) is 5.59. The predicted octanol–water partition coefficient (Wildman–Crippen LogP) is 1.40. The number of esters is 3. The molecule has 0 saturated heterocycles. The molecule has 6 nitrogen and oxygen atoms in total. The lowest BCUT2D eigenvalue weighted by Gasteiger charge is -2.24. The molecule has 120 valence electrons. The van der Waals surface area contributed by atoms with Gasteiger partial charge in [0.25, 0.3) is 0 Å². The summed E-state index contributed by atoms with van der Waals surface area (Å²) in [6.07, 6.45) is 3.50. The van der Waals surface area contributed by atoms with Crippen molar-refractivity contribution in [1.29, 1.82) is 0 Å². The lowest BCUT2D eigenvalue weighted by molar-refractivity contribution is -0.161. The van der Waals surface area contributed by atoms with Gasteiger partial charge in [-0.05, 0) is 20.8 Å². The van der Waals surface area contributed by atoms with Crippen LogP contribution in [0, 0.1) is 17.8 Å². The van der Waals surface area contributed by atoms with Crippen LogP contribution < -0.4 is 0 Å². The van der Waals surface area contributed by atoms with Crippen LogP contribution >= 0.6 is 0 Å². The first-order valence-corrected chi connectivity index (χ1v) is 7.03. The van der Waals surface area contributed by atoms with E-state index in [9.17, 15) is 14.4 Å². The van der Waals surface area contributed by atoms with Gasteiger partial charge in [0.15, 0.2) is 0 Å². The molecule has 0 heterocycles. The first-order chi connectivity index (χ1) is 10.2. The molecule has 0 aromatic carbocycles. The smallest absolute Gasteiger partial charge is 0.334 e. The zero-order valence-corrected chi connectivity index (χ0v) is 13.3. The number of hydrogen-bond acceptors (Lipinski definition) is 6. The van der Waals surface area contributed by atoms with Crippen molar-refractivity contribution in [3.63, 3.8) is 0 Å². The Morgan fingerprint density at radius 3 is 1.64 bits per heavy atom. The molecule has 2 bridgehead atoms. The van der Waals surface area contributed by atoms with Crippen LogP contribution in [-0.4, -0.2) is 37.7 Å². The van der Waals surface area contributed by atoms with Crippen molar-refractivity contribution in [3.05, 3.63) is 23.3 Å². The Hall–Kier alpha value is -2.11. The van der Waals surface area contributed by atoms with Gasteiger partial charge in [-0.15, -0.1) is 0 Å². The second-order valence-electron chi connectivity index (χ2n) is 6.31. The van der Waals surface area contributed by atoms with E-state index in [1.165, 1.54) is 14.2 Å². The summed E-state index contributed by atoms with van der Waals surface area (Å²) in [5, 5.41) is 0. The molecule has 0 radical (unpaired) electrons. The lowest BCUT2D eigenvalue weighted by Crippen LogP contribution is -2.32. The van der Waals surface area contributed by atoms with Gasteiger partial charge in [0.05, 0.1) is 31.3 Å². The summed E-state index contributed by atoms with van der Waals surface area (Å²) >= 11 is 0. The molecule has 22 heavy (non-hydrogen) atoms. The average Bonchev–Trinajstić information content (AvgIpc) is 2.99. The van der Waals surface area contributed by atoms with E-state index < -0.39 is 41.3 Å². The van der Waals surface area contributed by atoms with E-state index in [0.29, 0.717) is 0 Å². The van der Waals surface area contributed by atoms with Gasteiger partial charge in [0.2, 0.25) is 0 Å². The topological polar surface area (TPSA) is 78.9 Å². The molecule has 0 saturated carbocycles. The SMILES string of the molecule is COC(=O)C1=C(C(=O)OC)C2C=CC1C2C(=O)OC(C)(C)C. The van der Waals surface area contributed by atoms with Gasteiger partial charge >= 0.3 is 17.9 Å². The molecule has 0 amide bonds. The second-order valence-corrected chi connectivity index (χ2v) is 6.31. The Labute approximate surface area is 129 Å². The number of carbonyl (C=O) groups excluding carboxylic acids is 3. The first-order valence-electron chi connectivity index (χ1n) is 7.03. The van der Waals surface area contributed by atoms with Gasteiger partial charge in [-0.2, -0.15) is 0 Å². The van der Waals surface area contributed by atoms with Crippen molar-refractivity contribution in [3.8, 4) is 0 Å². The Kier molecular flexibility index (Phi) is 4.13. The van der Waals surface area contributed by atoms with Crippen LogP contribution in [0.5, 0.6) is 0 Å². The normalized spacial score (nSPS) is 26.1. The van der Waals surface area contributed by atoms with Crippen molar-refractivity contribution < 1.29 is 28.6 Å². The zero-order valence-electron chi connectivity index (χ0n) is 13.3. The summed E-state index contributed by atoms with van der Waals surface area (Å²) < 4.78 is 14.9. The van der Waals surface area contributed by atoms with Gasteiger partial charge in [-0.1, -0.05) is 12.2 Å². The molecule has 0 spiro atoms. The van der Waals surface area contributed by atoms with E-state index in [-0.39, 0.29) is 11.1 Å². The third-order valence-electron chi connectivity index (χ3n) is 3.75. The maximum Gasteiger partial charge on any atom is 0.334 e. The van der Waals surface area contributed by atoms with Crippen LogP contribution in [0.25, 0.3) is 0 Å². The largest absolute Gasteiger partial charge is 0.466 e. The maximum atomic E-state index is 12.4. The Bertz CT molecular complexity index is 542. The molecule has 0 fully saturated rings. The molecular formula is C16H20O6. The van der Waals surface area contributed by atoms with Crippen molar-refractivity contribution >= 4 is 17.9 Å². The van der Waals surface area contributed by atoms with Crippen molar-refractivity contribution in [2.45, 2.75) is 26.4 Å². The van der Waals surface area contributed by atoms with E-state index in [1.54, 1.807) is 32.9 Å². The molecule has 2 aliphatic carbocycles. The summed E-state index contributed by atoms with van der Waals surface area (Å²) in [4.78, 5) is 36.5. The van der Waals surface area contributed by atoms with Gasteiger partial charge in [0.1, 0.15) is 5.60 Å². The monoisotopic (exact) mass is 308 g/mol. The number of allylic oxidation sites excluding steroid dienone is 2. The first kappa shape index (κ1) is 16.3. The molecule has 0 aromatic rings. The molecule has 2 aliphatic rings. The molecule has 0 aromatic heterocycles. The highest BCUT2D eigenvalue weighted by atomic mass is 16.6. The quantitative estimate of drug-likeness (QED) is 0.445. The highest BCUT2D eigenvalue weighted by Crippen LogP contribution is 2.50. The summed E-state index contributed by atoms with van der Waals surface area (Å²) in [5.74, 6) is -3.32. The third kappa shape index (κ3) is 2.65. The Morgan fingerprint density at radius 1 is 0.909 bits per heavy atom. The molecular weight excluding hydrogens is 288 g/mol. The van der Waals surface area contributed by atoms with Crippen LogP contribution in [0.4, 0.5) is 0 Å². The maximum absolute atomic E-state index is 12.4. The minimum absolute atomic E-state index is 0.192. The lowest BCUT2D eigenvalue weighted by atomic mass is 9.91. The van der Waals surface area contributed by atoms with Gasteiger partial charge in [-0.3, -0.25) is 4.79 Å². The number of rotatable bonds is 3. The summed E-state index contributed by atoms with van der Waals surface area (Å²) in [6, 6.07) is 0. The van der Waals surface area contributed by atoms with Crippen LogP contribution in [0.1, 0.15) is 20.8 Å². The van der Waals surface area contributed by atoms with Crippen molar-refractivity contribution in [2.75, 3.05) is 14.2 Å². The summed E-state index contributed by atoms with van der Waals surface area (Å²) in [6.45, 7) is 5.31. The van der Waals surface area contributed by atoms with Gasteiger partial charge in [-0.25, -0.2) is 9.59 Å². The minimum atomic E-state index is -0.643. The average molecular weight is 308 g/mol. The summed E-state index contributed by atoms with van der Waals surface area (Å²) in [5.41, 5.74) is -0.258. The van der Waals surface area contributed by atoms with E-state index in [1.807, 2.05) is 0 Å². The van der Waals surface area contributed by atoms with Crippen molar-refractivity contribution in [2.24, 2.45) is 17.8 Å². The fraction of sp³-hybridized carbons (Fsp3) is 0.562. The fourth-order valence-electron chi connectivity index (χ4n) is 2.99. The predicted molar refractivity (Wildman–Crippen MR) is 76.5 cm³/mol. The van der Waals surface area contributed by atoms with E-state index in [2.05, 4.69) is 0 Å². The number of ether oxygens (including phenoxy) is 3. The number of fused-ring (bicyclic) bond motifs is 2. The zero-order chi connectivity index (χ0) is 16.7. The molecule has 2 unspecified atom stereocenters. The van der Waals surface area contributed by atoms with E-state index in [0.717, 1.165) is 0 Å². The third-order valence-corrected chi connectivity index (χ3v) is 3.75. The number of methoxy groups -OCH3 is 2. The highest BCUT2D eigenvalue weighted by molar-refractivity contribution is 6.05. The van der Waals surface area contributed by atoms with Crippen LogP contribution in [0.15, 0.2) is 23.3 Å². The van der Waals surface area contributed by atoms with E-state index in [4.69, 9.17) is 14.2 Å². The molecule has 2 atom stereocenters. The summed E-state index contributed by atoms with van der Waals surface area (Å²) in [7, 11) is 2.48.